The maximum Gasteiger partial charge on any atom is 0.185 e. The largest absolute Gasteiger partial charge is 0.322 e. The lowest BCUT2D eigenvalue weighted by Gasteiger charge is -2.09. The Hall–Kier alpha value is -2.71. The Bertz CT molecular complexity index is 944. The van der Waals surface area contributed by atoms with Crippen LogP contribution in [0.3, 0.4) is 0 Å². The minimum absolute atomic E-state index is 0.275. The average Bonchev–Trinajstić information content (AvgIpc) is 2.91. The molecule has 1 aromatic heterocycles. The molecule has 0 aliphatic rings. The molecule has 3 aromatic rings. The number of halogens is 1. The van der Waals surface area contributed by atoms with E-state index in [1.807, 2.05) is 46.5 Å². The van der Waals surface area contributed by atoms with Crippen LogP contribution in [0.4, 0.5) is 4.39 Å². The molecule has 0 spiro atoms. The first kappa shape index (κ1) is 16.2. The predicted molar refractivity (Wildman–Crippen MR) is 95.0 cm³/mol. The van der Waals surface area contributed by atoms with Gasteiger partial charge in [0.1, 0.15) is 5.82 Å². The third-order valence-electron chi connectivity index (χ3n) is 3.85. The Kier molecular flexibility index (Phi) is 4.59. The van der Waals surface area contributed by atoms with Crippen molar-refractivity contribution in [3.05, 3.63) is 70.9 Å². The first-order valence-electron chi connectivity index (χ1n) is 7.62. The van der Waals surface area contributed by atoms with Gasteiger partial charge in [-0.25, -0.2) is 4.39 Å². The zero-order valence-electron chi connectivity index (χ0n) is 13.2. The number of hydrogen-bond acceptors (Lipinski definition) is 2. The van der Waals surface area contributed by atoms with Crippen LogP contribution in [-0.2, 0) is 6.54 Å². The molecule has 0 bridgehead atoms. The van der Waals surface area contributed by atoms with Crippen LogP contribution in [0, 0.1) is 28.8 Å². The summed E-state index contributed by atoms with van der Waals surface area (Å²) < 4.78 is 17.7. The summed E-state index contributed by atoms with van der Waals surface area (Å²) in [5, 5.41) is 8.84. The fourth-order valence-electron chi connectivity index (χ4n) is 2.59. The smallest absolute Gasteiger partial charge is 0.185 e. The normalized spacial score (nSPS) is 10.5. The highest BCUT2D eigenvalue weighted by Gasteiger charge is 2.12. The Balaban J connectivity index is 2.19. The van der Waals surface area contributed by atoms with Gasteiger partial charge in [-0.1, -0.05) is 17.7 Å². The van der Waals surface area contributed by atoms with Gasteiger partial charge in [0.2, 0.25) is 0 Å². The first-order valence-corrected chi connectivity index (χ1v) is 8.03. The topological polar surface area (TPSA) is 33.6 Å². The van der Waals surface area contributed by atoms with Crippen LogP contribution >= 0.6 is 12.2 Å². The van der Waals surface area contributed by atoms with E-state index in [2.05, 4.69) is 6.07 Å². The summed E-state index contributed by atoms with van der Waals surface area (Å²) in [4.78, 5) is 0. The fraction of sp³-hybridized carbons (Fsp3) is 0.158. The van der Waals surface area contributed by atoms with Crippen molar-refractivity contribution in [2.45, 2.75) is 19.9 Å². The van der Waals surface area contributed by atoms with Gasteiger partial charge in [-0.3, -0.25) is 4.57 Å². The monoisotopic (exact) mass is 337 g/mol. The third-order valence-corrected chi connectivity index (χ3v) is 4.27. The van der Waals surface area contributed by atoms with Gasteiger partial charge in [-0.05, 0) is 55.5 Å². The van der Waals surface area contributed by atoms with E-state index in [0.717, 1.165) is 22.5 Å². The van der Waals surface area contributed by atoms with Crippen LogP contribution < -0.4 is 0 Å². The molecule has 120 valence electrons. The number of hydrogen-bond donors (Lipinski definition) is 0. The Morgan fingerprint density at radius 3 is 2.38 bits per heavy atom. The molecule has 0 saturated carbocycles. The van der Waals surface area contributed by atoms with Gasteiger partial charge in [0, 0.05) is 24.0 Å². The van der Waals surface area contributed by atoms with E-state index in [4.69, 9.17) is 17.5 Å². The number of rotatable bonds is 4. The standard InChI is InChI=1S/C19H16FN3S/c1-14-3-9-17(10-4-14)23-18(15-5-7-16(20)8-6-15)13-22(19(23)24)12-2-11-21/h3-10,13H,2,12H2,1H3. The molecular formula is C19H16FN3S. The second kappa shape index (κ2) is 6.81. The van der Waals surface area contributed by atoms with Crippen LogP contribution in [0.25, 0.3) is 16.9 Å². The molecule has 3 rings (SSSR count). The number of imidazole rings is 1. The minimum Gasteiger partial charge on any atom is -0.322 e. The first-order chi connectivity index (χ1) is 11.6. The quantitative estimate of drug-likeness (QED) is 0.625. The molecule has 0 unspecified atom stereocenters. The molecule has 0 radical (unpaired) electrons. The lowest BCUT2D eigenvalue weighted by molar-refractivity contribution is 0.628. The molecule has 0 saturated heterocycles. The Labute approximate surface area is 145 Å². The summed E-state index contributed by atoms with van der Waals surface area (Å²) >= 11 is 5.61. The molecule has 2 aromatic carbocycles. The molecule has 0 fully saturated rings. The van der Waals surface area contributed by atoms with Crippen LogP contribution in [0.5, 0.6) is 0 Å². The summed E-state index contributed by atoms with van der Waals surface area (Å²) in [6.45, 7) is 2.56. The number of nitrogens with zero attached hydrogens (tertiary/aromatic N) is 3. The van der Waals surface area contributed by atoms with E-state index in [1.165, 1.54) is 12.1 Å². The van der Waals surface area contributed by atoms with Crippen molar-refractivity contribution in [1.29, 1.82) is 5.26 Å². The summed E-state index contributed by atoms with van der Waals surface area (Å²) in [6.07, 6.45) is 2.31. The van der Waals surface area contributed by atoms with Crippen LogP contribution in [-0.4, -0.2) is 9.13 Å². The van der Waals surface area contributed by atoms with Crippen molar-refractivity contribution in [3.8, 4) is 23.0 Å². The average molecular weight is 337 g/mol. The Morgan fingerprint density at radius 2 is 1.75 bits per heavy atom. The second-order valence-electron chi connectivity index (χ2n) is 5.58. The van der Waals surface area contributed by atoms with Crippen LogP contribution in [0.1, 0.15) is 12.0 Å². The highest BCUT2D eigenvalue weighted by molar-refractivity contribution is 7.71. The summed E-state index contributed by atoms with van der Waals surface area (Å²) in [5.74, 6) is -0.275. The molecule has 0 amide bonds. The molecule has 1 heterocycles. The second-order valence-corrected chi connectivity index (χ2v) is 5.94. The van der Waals surface area contributed by atoms with Crippen molar-refractivity contribution in [2.24, 2.45) is 0 Å². The Morgan fingerprint density at radius 1 is 1.08 bits per heavy atom. The van der Waals surface area contributed by atoms with E-state index in [1.54, 1.807) is 12.1 Å². The number of aromatic nitrogens is 2. The molecule has 0 aliphatic carbocycles. The van der Waals surface area contributed by atoms with E-state index < -0.39 is 0 Å². The molecule has 3 nitrogen and oxygen atoms in total. The molecular weight excluding hydrogens is 321 g/mol. The lowest BCUT2D eigenvalue weighted by Crippen LogP contribution is -2.00. The minimum atomic E-state index is -0.275. The molecule has 24 heavy (non-hydrogen) atoms. The van der Waals surface area contributed by atoms with Crippen molar-refractivity contribution >= 4 is 12.2 Å². The summed E-state index contributed by atoms with van der Waals surface area (Å²) in [7, 11) is 0. The van der Waals surface area contributed by atoms with Crippen molar-refractivity contribution in [1.82, 2.24) is 9.13 Å². The van der Waals surface area contributed by atoms with Gasteiger partial charge in [0.15, 0.2) is 4.77 Å². The maximum atomic E-state index is 13.3. The van der Waals surface area contributed by atoms with Crippen LogP contribution in [0.2, 0.25) is 0 Å². The molecule has 0 aliphatic heterocycles. The van der Waals surface area contributed by atoms with Crippen molar-refractivity contribution < 1.29 is 4.39 Å². The summed E-state index contributed by atoms with van der Waals surface area (Å²) in [6, 6.07) is 16.5. The molecule has 0 atom stereocenters. The highest BCUT2D eigenvalue weighted by Crippen LogP contribution is 2.26. The van der Waals surface area contributed by atoms with E-state index >= 15 is 0 Å². The fourth-order valence-corrected chi connectivity index (χ4v) is 2.94. The van der Waals surface area contributed by atoms with Crippen molar-refractivity contribution in [2.75, 3.05) is 0 Å². The van der Waals surface area contributed by atoms with Gasteiger partial charge >= 0.3 is 0 Å². The van der Waals surface area contributed by atoms with E-state index in [9.17, 15) is 4.39 Å². The van der Waals surface area contributed by atoms with E-state index in [-0.39, 0.29) is 5.82 Å². The number of aryl methyl sites for hydroxylation is 2. The highest BCUT2D eigenvalue weighted by atomic mass is 32.1. The maximum absolute atomic E-state index is 13.3. The number of benzene rings is 2. The van der Waals surface area contributed by atoms with Crippen LogP contribution in [0.15, 0.2) is 54.7 Å². The number of nitriles is 1. The zero-order valence-corrected chi connectivity index (χ0v) is 14.1. The molecule has 5 heteroatoms. The van der Waals surface area contributed by atoms with Crippen molar-refractivity contribution in [3.63, 3.8) is 0 Å². The van der Waals surface area contributed by atoms with Gasteiger partial charge in [0.25, 0.3) is 0 Å². The van der Waals surface area contributed by atoms with E-state index in [0.29, 0.717) is 17.7 Å². The zero-order chi connectivity index (χ0) is 17.1. The SMILES string of the molecule is Cc1ccc(-n2c(-c3ccc(F)cc3)cn(CCC#N)c2=S)cc1. The summed E-state index contributed by atoms with van der Waals surface area (Å²) in [5.41, 5.74) is 3.86. The van der Waals surface area contributed by atoms with Gasteiger partial charge in [-0.2, -0.15) is 5.26 Å². The van der Waals surface area contributed by atoms with Gasteiger partial charge in [-0.15, -0.1) is 0 Å². The molecule has 0 N–H and O–H groups in total. The van der Waals surface area contributed by atoms with Gasteiger partial charge < -0.3 is 4.57 Å². The predicted octanol–water partition coefficient (Wildman–Crippen LogP) is 5.04. The van der Waals surface area contributed by atoms with Gasteiger partial charge in [0.05, 0.1) is 18.2 Å². The third kappa shape index (κ3) is 3.15. The lowest BCUT2D eigenvalue weighted by atomic mass is 10.1.